The standard InChI is InChI=1S/C20H21N9O/c1-3-4-28-10-18(26-27-28)15-9-22-19(6-16(15)25-13(2)11-30)29-12-24-17-5-14(7-21)8-23-20(17)29/h5-6,8-10,12-13,30H,3-4,11H2,1-2H3,(H,22,25). The van der Waals surface area contributed by atoms with Gasteiger partial charge >= 0.3 is 0 Å². The number of rotatable bonds is 7. The van der Waals surface area contributed by atoms with Gasteiger partial charge in [0.05, 0.1) is 18.4 Å². The van der Waals surface area contributed by atoms with E-state index in [1.54, 1.807) is 27.8 Å². The quantitative estimate of drug-likeness (QED) is 0.480. The lowest BCUT2D eigenvalue weighted by Gasteiger charge is -2.16. The summed E-state index contributed by atoms with van der Waals surface area (Å²) in [5.74, 6) is 0.604. The van der Waals surface area contributed by atoms with Gasteiger partial charge in [0.1, 0.15) is 29.4 Å². The topological polar surface area (TPSA) is 130 Å². The second-order valence-corrected chi connectivity index (χ2v) is 6.98. The van der Waals surface area contributed by atoms with Crippen LogP contribution in [0.5, 0.6) is 0 Å². The second-order valence-electron chi connectivity index (χ2n) is 6.98. The molecule has 0 radical (unpaired) electrons. The van der Waals surface area contributed by atoms with Crippen molar-refractivity contribution in [3.05, 3.63) is 42.6 Å². The van der Waals surface area contributed by atoms with E-state index in [-0.39, 0.29) is 12.6 Å². The van der Waals surface area contributed by atoms with E-state index in [1.165, 1.54) is 6.20 Å². The number of aryl methyl sites for hydroxylation is 1. The molecule has 0 aliphatic heterocycles. The third-order valence-corrected chi connectivity index (χ3v) is 4.60. The van der Waals surface area contributed by atoms with Crippen molar-refractivity contribution in [2.75, 3.05) is 11.9 Å². The number of hydrogen-bond acceptors (Lipinski definition) is 8. The smallest absolute Gasteiger partial charge is 0.165 e. The van der Waals surface area contributed by atoms with Gasteiger partial charge in [-0.2, -0.15) is 5.26 Å². The maximum atomic E-state index is 9.51. The van der Waals surface area contributed by atoms with E-state index in [0.29, 0.717) is 28.2 Å². The van der Waals surface area contributed by atoms with Crippen molar-refractivity contribution in [1.29, 1.82) is 5.26 Å². The lowest BCUT2D eigenvalue weighted by atomic mass is 10.1. The number of imidazole rings is 1. The molecule has 1 unspecified atom stereocenters. The summed E-state index contributed by atoms with van der Waals surface area (Å²) in [6.45, 7) is 4.73. The third-order valence-electron chi connectivity index (χ3n) is 4.60. The normalized spacial score (nSPS) is 12.1. The molecular formula is C20H21N9O. The van der Waals surface area contributed by atoms with Crippen LogP contribution in [-0.2, 0) is 6.54 Å². The fourth-order valence-corrected chi connectivity index (χ4v) is 3.10. The lowest BCUT2D eigenvalue weighted by molar-refractivity contribution is 0.281. The zero-order valence-corrected chi connectivity index (χ0v) is 16.7. The summed E-state index contributed by atoms with van der Waals surface area (Å²) in [6, 6.07) is 5.45. The fourth-order valence-electron chi connectivity index (χ4n) is 3.10. The Kier molecular flexibility index (Phi) is 5.36. The molecule has 0 fully saturated rings. The summed E-state index contributed by atoms with van der Waals surface area (Å²) in [5.41, 5.74) is 3.91. The Bertz CT molecular complexity index is 1220. The van der Waals surface area contributed by atoms with Crippen LogP contribution in [0.4, 0.5) is 5.69 Å². The van der Waals surface area contributed by atoms with Crippen LogP contribution in [0, 0.1) is 11.3 Å². The molecule has 0 saturated heterocycles. The summed E-state index contributed by atoms with van der Waals surface area (Å²) in [5, 5.41) is 30.3. The molecule has 0 aliphatic carbocycles. The van der Waals surface area contributed by atoms with Crippen molar-refractivity contribution >= 4 is 16.9 Å². The maximum Gasteiger partial charge on any atom is 0.165 e. The molecular weight excluding hydrogens is 382 g/mol. The molecule has 4 heterocycles. The van der Waals surface area contributed by atoms with E-state index >= 15 is 0 Å². The average Bonchev–Trinajstić information content (AvgIpc) is 3.40. The van der Waals surface area contributed by atoms with Gasteiger partial charge in [-0.15, -0.1) is 5.10 Å². The number of aliphatic hydroxyl groups is 1. The van der Waals surface area contributed by atoms with Crippen molar-refractivity contribution in [2.24, 2.45) is 0 Å². The van der Waals surface area contributed by atoms with E-state index in [9.17, 15) is 5.11 Å². The first-order valence-electron chi connectivity index (χ1n) is 9.64. The molecule has 1 atom stereocenters. The molecule has 0 bridgehead atoms. The number of hydrogen-bond donors (Lipinski definition) is 2. The number of nitriles is 1. The Morgan fingerprint density at radius 2 is 2.10 bits per heavy atom. The van der Waals surface area contributed by atoms with Gasteiger partial charge in [0.2, 0.25) is 0 Å². The Morgan fingerprint density at radius 1 is 1.23 bits per heavy atom. The first-order valence-corrected chi connectivity index (χ1v) is 9.64. The van der Waals surface area contributed by atoms with Crippen LogP contribution in [0.1, 0.15) is 25.8 Å². The number of aromatic nitrogens is 7. The van der Waals surface area contributed by atoms with Crippen LogP contribution in [0.15, 0.2) is 37.1 Å². The molecule has 0 aliphatic rings. The van der Waals surface area contributed by atoms with Gasteiger partial charge in [0, 0.05) is 42.3 Å². The molecule has 152 valence electrons. The van der Waals surface area contributed by atoms with Gasteiger partial charge in [0.25, 0.3) is 0 Å². The minimum Gasteiger partial charge on any atom is -0.394 e. The van der Waals surface area contributed by atoms with Gasteiger partial charge in [-0.05, 0) is 19.4 Å². The molecule has 0 amide bonds. The van der Waals surface area contributed by atoms with Crippen molar-refractivity contribution < 1.29 is 5.11 Å². The Morgan fingerprint density at radius 3 is 2.87 bits per heavy atom. The first kappa shape index (κ1) is 19.5. The lowest BCUT2D eigenvalue weighted by Crippen LogP contribution is -2.20. The third kappa shape index (κ3) is 3.70. The van der Waals surface area contributed by atoms with Crippen LogP contribution in [0.2, 0.25) is 0 Å². The van der Waals surface area contributed by atoms with Crippen LogP contribution in [0.3, 0.4) is 0 Å². The van der Waals surface area contributed by atoms with Crippen LogP contribution < -0.4 is 5.32 Å². The Balaban J connectivity index is 1.78. The minimum absolute atomic E-state index is 0.0217. The van der Waals surface area contributed by atoms with Crippen molar-refractivity contribution in [3.63, 3.8) is 0 Å². The summed E-state index contributed by atoms with van der Waals surface area (Å²) >= 11 is 0. The molecule has 4 aromatic heterocycles. The highest BCUT2D eigenvalue weighted by Crippen LogP contribution is 2.29. The van der Waals surface area contributed by atoms with E-state index in [2.05, 4.69) is 43.6 Å². The van der Waals surface area contributed by atoms with Crippen molar-refractivity contribution in [3.8, 4) is 23.1 Å². The number of nitrogens with zero attached hydrogens (tertiary/aromatic N) is 8. The molecule has 4 aromatic rings. The largest absolute Gasteiger partial charge is 0.394 e. The minimum atomic E-state index is -0.166. The number of aliphatic hydroxyl groups excluding tert-OH is 1. The summed E-state index contributed by atoms with van der Waals surface area (Å²) < 4.78 is 3.55. The van der Waals surface area contributed by atoms with E-state index in [4.69, 9.17) is 5.26 Å². The fraction of sp³-hybridized carbons (Fsp3) is 0.300. The molecule has 0 spiro atoms. The molecule has 0 saturated carbocycles. The van der Waals surface area contributed by atoms with E-state index in [1.807, 2.05) is 19.2 Å². The maximum absolute atomic E-state index is 9.51. The van der Waals surface area contributed by atoms with Gasteiger partial charge in [-0.1, -0.05) is 12.1 Å². The second kappa shape index (κ2) is 8.26. The zero-order valence-electron chi connectivity index (χ0n) is 16.7. The van der Waals surface area contributed by atoms with E-state index in [0.717, 1.165) is 24.2 Å². The SMILES string of the molecule is CCCn1cc(-c2cnc(-n3cnc4cc(C#N)cnc43)cc2NC(C)CO)nn1. The summed E-state index contributed by atoms with van der Waals surface area (Å²) in [4.78, 5) is 13.3. The number of anilines is 1. The molecule has 2 N–H and O–H groups in total. The monoisotopic (exact) mass is 403 g/mol. The Hall–Kier alpha value is -3.84. The molecule has 4 rings (SSSR count). The van der Waals surface area contributed by atoms with Gasteiger partial charge in [0.15, 0.2) is 5.65 Å². The molecule has 30 heavy (non-hydrogen) atoms. The van der Waals surface area contributed by atoms with Crippen LogP contribution in [-0.4, -0.2) is 52.3 Å². The van der Waals surface area contributed by atoms with Crippen LogP contribution >= 0.6 is 0 Å². The van der Waals surface area contributed by atoms with Crippen molar-refractivity contribution in [1.82, 2.24) is 34.5 Å². The van der Waals surface area contributed by atoms with Gasteiger partial charge in [-0.3, -0.25) is 9.25 Å². The van der Waals surface area contributed by atoms with Gasteiger partial charge in [-0.25, -0.2) is 15.0 Å². The first-order chi connectivity index (χ1) is 14.6. The van der Waals surface area contributed by atoms with Crippen LogP contribution in [0.25, 0.3) is 28.2 Å². The highest BCUT2D eigenvalue weighted by atomic mass is 16.3. The highest BCUT2D eigenvalue weighted by Gasteiger charge is 2.15. The summed E-state index contributed by atoms with van der Waals surface area (Å²) in [7, 11) is 0. The highest BCUT2D eigenvalue weighted by molar-refractivity contribution is 5.78. The number of nitrogens with one attached hydrogen (secondary N) is 1. The van der Waals surface area contributed by atoms with Crippen molar-refractivity contribution in [2.45, 2.75) is 32.9 Å². The molecule has 10 nitrogen and oxygen atoms in total. The Labute approximate surface area is 172 Å². The van der Waals surface area contributed by atoms with E-state index < -0.39 is 0 Å². The number of pyridine rings is 2. The van der Waals surface area contributed by atoms with Gasteiger partial charge < -0.3 is 10.4 Å². The predicted molar refractivity (Wildman–Crippen MR) is 111 cm³/mol. The molecule has 0 aromatic carbocycles. The molecule has 10 heteroatoms. The number of fused-ring (bicyclic) bond motifs is 1. The predicted octanol–water partition coefficient (Wildman–Crippen LogP) is 2.15. The average molecular weight is 403 g/mol. The summed E-state index contributed by atoms with van der Waals surface area (Å²) in [6.07, 6.45) is 7.69. The zero-order chi connectivity index (χ0) is 21.1.